The van der Waals surface area contributed by atoms with Gasteiger partial charge in [0.15, 0.2) is 0 Å². The van der Waals surface area contributed by atoms with Crippen molar-refractivity contribution in [2.24, 2.45) is 0 Å². The third kappa shape index (κ3) is 6.29. The standard InChI is InChI=1S/C26H21ClF3N5O/c1-34(14-20-6-3-18(4-7-20)2-5-19-8-11-23(27)25(30)12-19)15-26(36,16-35-17-31-32-33-35)22-10-9-21(28)13-24(22)29/h3-4,6-13,17,36H,14-16H2,1H3. The van der Waals surface area contributed by atoms with E-state index in [1.54, 1.807) is 13.1 Å². The van der Waals surface area contributed by atoms with Gasteiger partial charge in [0.05, 0.1) is 11.6 Å². The molecule has 0 aliphatic carbocycles. The summed E-state index contributed by atoms with van der Waals surface area (Å²) in [6, 6.07) is 14.8. The third-order valence-corrected chi connectivity index (χ3v) is 5.76. The van der Waals surface area contributed by atoms with Crippen molar-refractivity contribution >= 4 is 11.6 Å². The highest BCUT2D eigenvalue weighted by molar-refractivity contribution is 6.30. The lowest BCUT2D eigenvalue weighted by atomic mass is 9.92. The van der Waals surface area contributed by atoms with E-state index in [0.29, 0.717) is 12.1 Å². The van der Waals surface area contributed by atoms with Gasteiger partial charge >= 0.3 is 0 Å². The highest BCUT2D eigenvalue weighted by atomic mass is 35.5. The fraction of sp³-hybridized carbons (Fsp3) is 0.192. The molecule has 36 heavy (non-hydrogen) atoms. The van der Waals surface area contributed by atoms with Crippen molar-refractivity contribution in [2.75, 3.05) is 13.6 Å². The Bertz CT molecular complexity index is 1400. The summed E-state index contributed by atoms with van der Waals surface area (Å²) in [6.45, 7) is 0.308. The second kappa shape index (κ2) is 10.9. The maximum atomic E-state index is 14.6. The Morgan fingerprint density at radius 1 is 0.972 bits per heavy atom. The molecule has 0 spiro atoms. The number of nitrogens with zero attached hydrogens (tertiary/aromatic N) is 5. The number of tetrazole rings is 1. The summed E-state index contributed by atoms with van der Waals surface area (Å²) in [6.07, 6.45) is 1.31. The Labute approximate surface area is 210 Å². The Morgan fingerprint density at radius 3 is 2.36 bits per heavy atom. The van der Waals surface area contributed by atoms with Gasteiger partial charge in [0, 0.05) is 35.8 Å². The van der Waals surface area contributed by atoms with Gasteiger partial charge in [0.1, 0.15) is 29.4 Å². The molecule has 10 heteroatoms. The van der Waals surface area contributed by atoms with E-state index >= 15 is 0 Å². The van der Waals surface area contributed by atoms with Gasteiger partial charge in [0.2, 0.25) is 0 Å². The number of halogens is 4. The van der Waals surface area contributed by atoms with Gasteiger partial charge in [-0.2, -0.15) is 0 Å². The first kappa shape index (κ1) is 25.4. The van der Waals surface area contributed by atoms with Gasteiger partial charge in [-0.15, -0.1) is 5.10 Å². The largest absolute Gasteiger partial charge is 0.382 e. The van der Waals surface area contributed by atoms with Crippen molar-refractivity contribution in [2.45, 2.75) is 18.7 Å². The second-order valence-electron chi connectivity index (χ2n) is 8.41. The van der Waals surface area contributed by atoms with Crippen molar-refractivity contribution in [3.05, 3.63) is 112 Å². The molecular formula is C26H21ClF3N5O. The number of aliphatic hydroxyl groups is 1. The van der Waals surface area contributed by atoms with Crippen molar-refractivity contribution in [1.29, 1.82) is 0 Å². The van der Waals surface area contributed by atoms with Crippen LogP contribution in [0.25, 0.3) is 0 Å². The van der Waals surface area contributed by atoms with Crippen molar-refractivity contribution in [3.8, 4) is 11.8 Å². The summed E-state index contributed by atoms with van der Waals surface area (Å²) in [5.41, 5.74) is 0.373. The number of rotatable bonds is 7. The Balaban J connectivity index is 1.47. The molecule has 1 N–H and O–H groups in total. The molecule has 0 aliphatic rings. The van der Waals surface area contributed by atoms with E-state index in [-0.39, 0.29) is 23.7 Å². The van der Waals surface area contributed by atoms with Gasteiger partial charge in [-0.25, -0.2) is 17.9 Å². The van der Waals surface area contributed by atoms with Gasteiger partial charge in [-0.3, -0.25) is 4.90 Å². The predicted octanol–water partition coefficient (Wildman–Crippen LogP) is 4.16. The molecule has 1 atom stereocenters. The first-order valence-electron chi connectivity index (χ1n) is 10.8. The van der Waals surface area contributed by atoms with Crippen LogP contribution in [0.4, 0.5) is 13.2 Å². The van der Waals surface area contributed by atoms with E-state index in [0.717, 1.165) is 23.3 Å². The average Bonchev–Trinajstić information content (AvgIpc) is 3.33. The summed E-state index contributed by atoms with van der Waals surface area (Å²) < 4.78 is 43.0. The lowest BCUT2D eigenvalue weighted by Gasteiger charge is -2.33. The van der Waals surface area contributed by atoms with Crippen LogP contribution in [0.2, 0.25) is 5.02 Å². The van der Waals surface area contributed by atoms with Crippen LogP contribution in [-0.4, -0.2) is 43.8 Å². The highest BCUT2D eigenvalue weighted by Gasteiger charge is 2.35. The van der Waals surface area contributed by atoms with E-state index in [4.69, 9.17) is 11.6 Å². The minimum Gasteiger partial charge on any atom is -0.382 e. The molecular weight excluding hydrogens is 491 g/mol. The van der Waals surface area contributed by atoms with Crippen LogP contribution < -0.4 is 0 Å². The lowest BCUT2D eigenvalue weighted by Crippen LogP contribution is -2.43. The van der Waals surface area contributed by atoms with E-state index in [1.807, 2.05) is 29.2 Å². The third-order valence-electron chi connectivity index (χ3n) is 5.46. The monoisotopic (exact) mass is 511 g/mol. The lowest BCUT2D eigenvalue weighted by molar-refractivity contribution is -0.0178. The maximum Gasteiger partial charge on any atom is 0.143 e. The van der Waals surface area contributed by atoms with Crippen LogP contribution in [0.3, 0.4) is 0 Å². The zero-order valence-corrected chi connectivity index (χ0v) is 19.9. The molecule has 0 fully saturated rings. The summed E-state index contributed by atoms with van der Waals surface area (Å²) in [4.78, 5) is 1.81. The van der Waals surface area contributed by atoms with Gasteiger partial charge in [0.25, 0.3) is 0 Å². The average molecular weight is 512 g/mol. The van der Waals surface area contributed by atoms with Crippen LogP contribution in [0.15, 0.2) is 67.0 Å². The molecule has 4 aromatic rings. The second-order valence-corrected chi connectivity index (χ2v) is 8.82. The molecule has 1 unspecified atom stereocenters. The zero-order chi connectivity index (χ0) is 25.7. The summed E-state index contributed by atoms with van der Waals surface area (Å²) in [5.74, 6) is 3.75. The fourth-order valence-electron chi connectivity index (χ4n) is 3.83. The summed E-state index contributed by atoms with van der Waals surface area (Å²) >= 11 is 5.69. The molecule has 3 aromatic carbocycles. The zero-order valence-electron chi connectivity index (χ0n) is 19.2. The molecule has 0 radical (unpaired) electrons. The normalized spacial score (nSPS) is 12.8. The van der Waals surface area contributed by atoms with Gasteiger partial charge < -0.3 is 5.11 Å². The Hall–Kier alpha value is -3.71. The summed E-state index contributed by atoms with van der Waals surface area (Å²) in [7, 11) is 1.77. The molecule has 6 nitrogen and oxygen atoms in total. The van der Waals surface area contributed by atoms with E-state index in [2.05, 4.69) is 27.4 Å². The molecule has 0 saturated carbocycles. The smallest absolute Gasteiger partial charge is 0.143 e. The number of hydrogen-bond acceptors (Lipinski definition) is 5. The molecule has 0 aliphatic heterocycles. The highest BCUT2D eigenvalue weighted by Crippen LogP contribution is 2.28. The number of hydrogen-bond donors (Lipinski definition) is 1. The molecule has 0 saturated heterocycles. The van der Waals surface area contributed by atoms with E-state index in [9.17, 15) is 18.3 Å². The predicted molar refractivity (Wildman–Crippen MR) is 128 cm³/mol. The minimum absolute atomic E-state index is 0.0130. The van der Waals surface area contributed by atoms with Crippen LogP contribution in [0.5, 0.6) is 0 Å². The Kier molecular flexibility index (Phi) is 7.70. The van der Waals surface area contributed by atoms with Gasteiger partial charge in [-0.1, -0.05) is 41.6 Å². The first-order chi connectivity index (χ1) is 17.2. The summed E-state index contributed by atoms with van der Waals surface area (Å²) in [5, 5.41) is 22.4. The SMILES string of the molecule is CN(Cc1ccc(C#Cc2ccc(Cl)c(F)c2)cc1)CC(O)(Cn1cnnn1)c1ccc(F)cc1F. The van der Waals surface area contributed by atoms with Crippen molar-refractivity contribution < 1.29 is 18.3 Å². The van der Waals surface area contributed by atoms with Crippen LogP contribution >= 0.6 is 11.6 Å². The van der Waals surface area contributed by atoms with E-state index in [1.165, 1.54) is 29.2 Å². The quantitative estimate of drug-likeness (QED) is 0.377. The molecule has 184 valence electrons. The number of benzene rings is 3. The minimum atomic E-state index is -1.73. The maximum absolute atomic E-state index is 14.6. The van der Waals surface area contributed by atoms with Crippen LogP contribution in [0.1, 0.15) is 22.3 Å². The molecule has 1 aromatic heterocycles. The Morgan fingerprint density at radius 2 is 1.69 bits per heavy atom. The van der Waals surface area contributed by atoms with Crippen molar-refractivity contribution in [1.82, 2.24) is 25.1 Å². The van der Waals surface area contributed by atoms with Crippen molar-refractivity contribution in [3.63, 3.8) is 0 Å². The van der Waals surface area contributed by atoms with E-state index < -0.39 is 23.1 Å². The molecule has 0 bridgehead atoms. The van der Waals surface area contributed by atoms with Gasteiger partial charge in [-0.05, 0) is 59.4 Å². The first-order valence-corrected chi connectivity index (χ1v) is 11.2. The number of likely N-dealkylation sites (N-methyl/N-ethyl adjacent to an activating group) is 1. The van der Waals surface area contributed by atoms with Crippen LogP contribution in [0, 0.1) is 29.3 Å². The number of aromatic nitrogens is 4. The fourth-order valence-corrected chi connectivity index (χ4v) is 3.95. The molecule has 4 rings (SSSR count). The topological polar surface area (TPSA) is 67.1 Å². The molecule has 0 amide bonds. The van der Waals surface area contributed by atoms with Crippen LogP contribution in [-0.2, 0) is 18.7 Å². The molecule has 1 heterocycles.